The minimum absolute atomic E-state index is 0.0573. The molecule has 0 radical (unpaired) electrons. The highest BCUT2D eigenvalue weighted by molar-refractivity contribution is 7.14. The lowest BCUT2D eigenvalue weighted by Crippen LogP contribution is -2.14. The molecule has 0 spiro atoms. The number of nitrogens with zero attached hydrogens (tertiary/aromatic N) is 3. The van der Waals surface area contributed by atoms with Crippen LogP contribution in [0.5, 0.6) is 0 Å². The van der Waals surface area contributed by atoms with Crippen LogP contribution in [0.25, 0.3) is 11.4 Å². The summed E-state index contributed by atoms with van der Waals surface area (Å²) in [5.74, 6) is -0.643. The zero-order valence-electron chi connectivity index (χ0n) is 11.9. The Labute approximate surface area is 138 Å². The molecule has 3 aromatic rings. The Hall–Kier alpha value is -2.81. The van der Waals surface area contributed by atoms with Gasteiger partial charge < -0.3 is 0 Å². The summed E-state index contributed by atoms with van der Waals surface area (Å²) in [4.78, 5) is 23.8. The number of hydrogen-bond acceptors (Lipinski definition) is 5. The van der Waals surface area contributed by atoms with E-state index in [0.717, 1.165) is 5.38 Å². The minimum atomic E-state index is -4.55. The molecule has 122 valence electrons. The fraction of sp³-hybridized carbons (Fsp3) is 0.0667. The van der Waals surface area contributed by atoms with Gasteiger partial charge in [-0.15, -0.1) is 11.3 Å². The van der Waals surface area contributed by atoms with E-state index in [1.165, 1.54) is 6.07 Å². The van der Waals surface area contributed by atoms with Crippen molar-refractivity contribution in [3.8, 4) is 11.4 Å². The second-order valence-corrected chi connectivity index (χ2v) is 5.47. The lowest BCUT2D eigenvalue weighted by molar-refractivity contribution is -0.140. The Kier molecular flexibility index (Phi) is 4.26. The van der Waals surface area contributed by atoms with E-state index >= 15 is 0 Å². The first kappa shape index (κ1) is 16.1. The number of pyridine rings is 2. The van der Waals surface area contributed by atoms with E-state index in [0.29, 0.717) is 22.7 Å². The summed E-state index contributed by atoms with van der Waals surface area (Å²) in [6.07, 6.45) is -2.95. The van der Waals surface area contributed by atoms with Crippen molar-refractivity contribution < 1.29 is 18.0 Å². The van der Waals surface area contributed by atoms with Crippen LogP contribution in [0.3, 0.4) is 0 Å². The molecular weight excluding hydrogens is 341 g/mol. The van der Waals surface area contributed by atoms with Gasteiger partial charge in [0.15, 0.2) is 10.8 Å². The van der Waals surface area contributed by atoms with Crippen LogP contribution in [0, 0.1) is 0 Å². The van der Waals surface area contributed by atoms with Gasteiger partial charge in [0.25, 0.3) is 5.91 Å². The van der Waals surface area contributed by atoms with Crippen LogP contribution in [-0.4, -0.2) is 20.9 Å². The molecule has 5 nitrogen and oxygen atoms in total. The molecule has 1 amide bonds. The predicted molar refractivity (Wildman–Crippen MR) is 82.5 cm³/mol. The van der Waals surface area contributed by atoms with E-state index < -0.39 is 17.8 Å². The first-order chi connectivity index (χ1) is 11.4. The number of carbonyl (C=O) groups excluding carboxylic acids is 1. The van der Waals surface area contributed by atoms with Gasteiger partial charge in [-0.2, -0.15) is 13.2 Å². The van der Waals surface area contributed by atoms with Crippen LogP contribution in [0.4, 0.5) is 18.3 Å². The molecule has 0 unspecified atom stereocenters. The van der Waals surface area contributed by atoms with Gasteiger partial charge in [-0.1, -0.05) is 12.1 Å². The molecule has 0 atom stereocenters. The first-order valence-corrected chi connectivity index (χ1v) is 7.54. The monoisotopic (exact) mass is 350 g/mol. The molecule has 3 rings (SSSR count). The Balaban J connectivity index is 1.80. The normalized spacial score (nSPS) is 11.3. The van der Waals surface area contributed by atoms with Gasteiger partial charge in [0.2, 0.25) is 0 Å². The Morgan fingerprint density at radius 3 is 2.50 bits per heavy atom. The highest BCUT2D eigenvalue weighted by Crippen LogP contribution is 2.31. The number of amides is 1. The van der Waals surface area contributed by atoms with E-state index in [1.54, 1.807) is 36.5 Å². The van der Waals surface area contributed by atoms with E-state index in [-0.39, 0.29) is 10.8 Å². The molecular formula is C15H9F3N4OS. The van der Waals surface area contributed by atoms with Gasteiger partial charge >= 0.3 is 6.18 Å². The zero-order chi connectivity index (χ0) is 17.2. The van der Waals surface area contributed by atoms with Crippen molar-refractivity contribution in [1.29, 1.82) is 0 Å². The number of hydrogen-bond donors (Lipinski definition) is 1. The molecule has 0 aromatic carbocycles. The van der Waals surface area contributed by atoms with Crippen molar-refractivity contribution in [1.82, 2.24) is 15.0 Å². The summed E-state index contributed by atoms with van der Waals surface area (Å²) in [6, 6.07) is 10.0. The molecule has 0 aliphatic carbocycles. The van der Waals surface area contributed by atoms with Crippen molar-refractivity contribution in [3.05, 3.63) is 59.4 Å². The fourth-order valence-electron chi connectivity index (χ4n) is 1.84. The molecule has 3 heterocycles. The molecule has 0 aliphatic heterocycles. The van der Waals surface area contributed by atoms with Crippen molar-refractivity contribution >= 4 is 22.4 Å². The van der Waals surface area contributed by atoms with Crippen molar-refractivity contribution in [3.63, 3.8) is 0 Å². The van der Waals surface area contributed by atoms with E-state index in [4.69, 9.17) is 0 Å². The molecule has 0 aliphatic rings. The topological polar surface area (TPSA) is 67.8 Å². The second kappa shape index (κ2) is 6.36. The van der Waals surface area contributed by atoms with Gasteiger partial charge in [-0.05, 0) is 24.3 Å². The van der Waals surface area contributed by atoms with Crippen LogP contribution in [0.15, 0.2) is 48.0 Å². The van der Waals surface area contributed by atoms with Gasteiger partial charge in [-0.25, -0.2) is 9.97 Å². The smallest absolute Gasteiger partial charge is 0.296 e. The fourth-order valence-corrected chi connectivity index (χ4v) is 2.55. The lowest BCUT2D eigenvalue weighted by atomic mass is 10.2. The summed E-state index contributed by atoms with van der Waals surface area (Å²) in [5, 5.41) is 3.01. The number of carbonyl (C=O) groups is 1. The molecule has 0 saturated heterocycles. The second-order valence-electron chi connectivity index (χ2n) is 4.61. The Bertz CT molecular complexity index is 864. The molecule has 0 saturated carbocycles. The van der Waals surface area contributed by atoms with Crippen molar-refractivity contribution in [2.75, 3.05) is 5.32 Å². The number of nitrogens with one attached hydrogen (secondary N) is 1. The van der Waals surface area contributed by atoms with Gasteiger partial charge in [0.05, 0.1) is 11.4 Å². The summed E-state index contributed by atoms with van der Waals surface area (Å²) in [7, 11) is 0. The standard InChI is InChI=1S/C15H9F3N4OS/c16-15(17,18)12-8-24-14(21-12)22-13(23)11-6-3-5-10(20-11)9-4-1-2-7-19-9/h1-8H,(H,21,22,23). The summed E-state index contributed by atoms with van der Waals surface area (Å²) in [6.45, 7) is 0. The van der Waals surface area contributed by atoms with Gasteiger partial charge in [0, 0.05) is 11.6 Å². The Morgan fingerprint density at radius 1 is 1.04 bits per heavy atom. The van der Waals surface area contributed by atoms with Gasteiger partial charge in [0.1, 0.15) is 5.69 Å². The molecule has 3 aromatic heterocycles. The average Bonchev–Trinajstić information content (AvgIpc) is 3.05. The van der Waals surface area contributed by atoms with E-state index in [9.17, 15) is 18.0 Å². The third-order valence-electron chi connectivity index (χ3n) is 2.92. The lowest BCUT2D eigenvalue weighted by Gasteiger charge is -2.04. The largest absolute Gasteiger partial charge is 0.434 e. The third kappa shape index (κ3) is 3.57. The predicted octanol–water partition coefficient (Wildman–Crippen LogP) is 3.87. The van der Waals surface area contributed by atoms with Gasteiger partial charge in [-0.3, -0.25) is 15.1 Å². The number of rotatable bonds is 3. The summed E-state index contributed by atoms with van der Waals surface area (Å²) in [5.41, 5.74) is 0.0824. The van der Waals surface area contributed by atoms with E-state index in [1.807, 2.05) is 0 Å². The number of thiazole rings is 1. The van der Waals surface area contributed by atoms with E-state index in [2.05, 4.69) is 20.3 Å². The van der Waals surface area contributed by atoms with Crippen LogP contribution in [0.1, 0.15) is 16.2 Å². The van der Waals surface area contributed by atoms with Crippen LogP contribution in [-0.2, 0) is 6.18 Å². The molecule has 0 bridgehead atoms. The van der Waals surface area contributed by atoms with Crippen LogP contribution in [0.2, 0.25) is 0 Å². The maximum Gasteiger partial charge on any atom is 0.434 e. The highest BCUT2D eigenvalue weighted by atomic mass is 32.1. The first-order valence-electron chi connectivity index (χ1n) is 6.66. The maximum atomic E-state index is 12.5. The zero-order valence-corrected chi connectivity index (χ0v) is 12.7. The van der Waals surface area contributed by atoms with Crippen molar-refractivity contribution in [2.24, 2.45) is 0 Å². The number of anilines is 1. The average molecular weight is 350 g/mol. The quantitative estimate of drug-likeness (QED) is 0.779. The van der Waals surface area contributed by atoms with Crippen molar-refractivity contribution in [2.45, 2.75) is 6.18 Å². The third-order valence-corrected chi connectivity index (χ3v) is 3.68. The van der Waals surface area contributed by atoms with Crippen LogP contribution < -0.4 is 5.32 Å². The Morgan fingerprint density at radius 2 is 1.83 bits per heavy atom. The highest BCUT2D eigenvalue weighted by Gasteiger charge is 2.34. The molecule has 24 heavy (non-hydrogen) atoms. The number of halogens is 3. The maximum absolute atomic E-state index is 12.5. The number of aromatic nitrogens is 3. The SMILES string of the molecule is O=C(Nc1nc(C(F)(F)F)cs1)c1cccc(-c2ccccn2)n1. The number of alkyl halides is 3. The molecule has 9 heteroatoms. The molecule has 0 fully saturated rings. The van der Waals surface area contributed by atoms with Crippen LogP contribution >= 0.6 is 11.3 Å². The summed E-state index contributed by atoms with van der Waals surface area (Å²) < 4.78 is 37.5. The molecule has 1 N–H and O–H groups in total. The minimum Gasteiger partial charge on any atom is -0.296 e. The summed E-state index contributed by atoms with van der Waals surface area (Å²) >= 11 is 0.697.